The summed E-state index contributed by atoms with van der Waals surface area (Å²) in [6.45, 7) is 14.4. The van der Waals surface area contributed by atoms with Crippen molar-refractivity contribution in [3.63, 3.8) is 0 Å². The molecule has 0 nitrogen and oxygen atoms in total. The molecule has 0 saturated carbocycles. The zero-order valence-corrected chi connectivity index (χ0v) is 18.4. The quantitative estimate of drug-likeness (QED) is 0.463. The van der Waals surface area contributed by atoms with Crippen molar-refractivity contribution in [2.24, 2.45) is 5.92 Å². The maximum atomic E-state index is 2.17. The molecule has 0 amide bonds. The molecule has 0 atom stereocenters. The molecule has 0 spiro atoms. The summed E-state index contributed by atoms with van der Waals surface area (Å²) in [7, 11) is 0. The molecule has 0 aromatic carbocycles. The fourth-order valence-electron chi connectivity index (χ4n) is 0. The van der Waals surface area contributed by atoms with Gasteiger partial charge in [-0.3, -0.25) is 0 Å². The molecule has 0 radical (unpaired) electrons. The van der Waals surface area contributed by atoms with E-state index in [-0.39, 0.29) is 113 Å². The van der Waals surface area contributed by atoms with Crippen LogP contribution in [0.1, 0.15) is 48.5 Å². The van der Waals surface area contributed by atoms with Crippen LogP contribution in [0.15, 0.2) is 0 Å². The molecule has 0 aliphatic heterocycles. The predicted octanol–water partition coefficient (Wildman–Crippen LogP) is 3.92. The molecule has 13 heavy (non-hydrogen) atoms. The first-order chi connectivity index (χ1) is 4.27. The van der Waals surface area contributed by atoms with Gasteiger partial charge in [0.2, 0.25) is 0 Å². The Morgan fingerprint density at radius 1 is 0.769 bits per heavy atom. The predicted molar refractivity (Wildman–Crippen MR) is 47.5 cm³/mol. The first kappa shape index (κ1) is 44.7. The number of rotatable bonds is 1. The summed E-state index contributed by atoms with van der Waals surface area (Å²) in [4.78, 5) is 0. The molecule has 0 heterocycles. The van der Waals surface area contributed by atoms with Crippen molar-refractivity contribution in [3.8, 4) is 0 Å². The zero-order valence-electron chi connectivity index (χ0n) is 9.92. The Hall–Kier alpha value is 2.78. The Bertz CT molecular complexity index is 28.8. The number of hydrogen-bond acceptors (Lipinski definition) is 0. The Kier molecular flexibility index (Phi) is 210. The van der Waals surface area contributed by atoms with Gasteiger partial charge < -0.3 is 6.42 Å². The third-order valence-electron chi connectivity index (χ3n) is 0.667. The van der Waals surface area contributed by atoms with Gasteiger partial charge in [-0.15, -0.1) is 0 Å². The third-order valence-corrected chi connectivity index (χ3v) is 0.667. The summed E-state index contributed by atoms with van der Waals surface area (Å²) in [6.07, 6.45) is 2.17. The van der Waals surface area contributed by atoms with Gasteiger partial charge in [0.05, 0.1) is 0 Å². The average molecular weight is 518 g/mol. The van der Waals surface area contributed by atoms with E-state index < -0.39 is 0 Å². The summed E-state index contributed by atoms with van der Waals surface area (Å²) in [5.74, 6) is 0.759. The second-order valence-corrected chi connectivity index (χ2v) is 1.58. The third kappa shape index (κ3) is 106. The topological polar surface area (TPSA) is 0 Å². The summed E-state index contributed by atoms with van der Waals surface area (Å²) >= 11 is 0. The minimum atomic E-state index is 0. The van der Waals surface area contributed by atoms with Gasteiger partial charge >= 0.3 is 0 Å². The van der Waals surface area contributed by atoms with Crippen molar-refractivity contribution in [3.05, 3.63) is 6.42 Å². The number of hydrogen-bond donors (Lipinski definition) is 0. The minimum absolute atomic E-state index is 0. The molecule has 86 valence electrons. The second-order valence-electron chi connectivity index (χ2n) is 1.58. The van der Waals surface area contributed by atoms with Gasteiger partial charge in [-0.2, -0.15) is 12.8 Å². The SMILES string of the molecule is CC.CC.C[CH-]C(C)C.[Ar].[Ar].[Ar].[Rf]. The fourth-order valence-corrected chi connectivity index (χ4v) is 0. The zero-order chi connectivity index (χ0) is 8.28. The normalized spacial score (nSPS) is 4.62. The van der Waals surface area contributed by atoms with E-state index in [4.69, 9.17) is 0 Å². The van der Waals surface area contributed by atoms with Gasteiger partial charge in [-0.25, -0.2) is 0 Å². The van der Waals surface area contributed by atoms with Crippen LogP contribution in [0.5, 0.6) is 0 Å². The van der Waals surface area contributed by atoms with E-state index in [0.717, 1.165) is 5.92 Å². The van der Waals surface area contributed by atoms with Gasteiger partial charge in [-0.1, -0.05) is 41.5 Å². The van der Waals surface area contributed by atoms with Crippen LogP contribution in [0, 0.1) is 126 Å². The molecule has 0 bridgehead atoms. The summed E-state index contributed by atoms with van der Waals surface area (Å²) in [5, 5.41) is 0. The minimum Gasteiger partial charge on any atom is -0.329 e. The van der Waals surface area contributed by atoms with Crippen molar-refractivity contribution in [1.29, 1.82) is 0 Å². The van der Waals surface area contributed by atoms with Crippen LogP contribution in [0.2, 0.25) is 0 Å². The fraction of sp³-hybridized carbons (Fsp3) is 0.889. The Balaban J connectivity index is -0.00000000818. The molecule has 0 aliphatic carbocycles. The van der Waals surface area contributed by atoms with Crippen molar-refractivity contribution < 1.29 is 113 Å². The van der Waals surface area contributed by atoms with Gasteiger partial charge in [0.1, 0.15) is 0 Å². The van der Waals surface area contributed by atoms with E-state index in [1.54, 1.807) is 0 Å². The van der Waals surface area contributed by atoms with Crippen LogP contribution in [0.3, 0.4) is 0 Å². The molecular formula is C9H23Ar3Rf-. The Morgan fingerprint density at radius 3 is 0.846 bits per heavy atom. The average Bonchev–Trinajstić information content (AvgIpc) is 1.97. The maximum Gasteiger partial charge on any atom is 0 e. The van der Waals surface area contributed by atoms with E-state index in [1.807, 2.05) is 27.7 Å². The van der Waals surface area contributed by atoms with E-state index in [1.165, 1.54) is 0 Å². The molecular weight excluding hydrogens is 495 g/mol. The Morgan fingerprint density at radius 2 is 0.846 bits per heavy atom. The van der Waals surface area contributed by atoms with Gasteiger partial charge in [0, 0.05) is 113 Å². The van der Waals surface area contributed by atoms with Crippen LogP contribution >= 0.6 is 0 Å². The molecule has 0 saturated heterocycles. The van der Waals surface area contributed by atoms with E-state index in [2.05, 4.69) is 27.2 Å². The monoisotopic (exact) mass is 518 g/mol. The van der Waals surface area contributed by atoms with Crippen molar-refractivity contribution in [2.45, 2.75) is 48.5 Å². The summed E-state index contributed by atoms with van der Waals surface area (Å²) in [5.41, 5.74) is 0. The van der Waals surface area contributed by atoms with Crippen LogP contribution in [0.4, 0.5) is 0 Å². The molecule has 0 aromatic rings. The first-order valence-electron chi connectivity index (χ1n) is 4.07. The molecule has 4 heteroatoms. The van der Waals surface area contributed by atoms with Crippen LogP contribution < -0.4 is 0 Å². The molecule has 0 aliphatic rings. The van der Waals surface area contributed by atoms with Gasteiger partial charge in [0.25, 0.3) is 0 Å². The maximum absolute atomic E-state index is 2.17. The summed E-state index contributed by atoms with van der Waals surface area (Å²) in [6, 6.07) is 0. The summed E-state index contributed by atoms with van der Waals surface area (Å²) < 4.78 is 0. The largest absolute Gasteiger partial charge is 0.329 e. The van der Waals surface area contributed by atoms with Gasteiger partial charge in [-0.05, 0) is 0 Å². The van der Waals surface area contributed by atoms with Crippen molar-refractivity contribution >= 4 is 0 Å². The second kappa shape index (κ2) is 61.1. The standard InChI is InChI=1S/C5H11.2C2H6.3Ar.Rf/c1-4-5(2)3;2*1-2;;;;/h4-5H,1-3H3;2*1-2H3;;;;/q-1;;;;;;. The molecule has 0 unspecified atom stereocenters. The van der Waals surface area contributed by atoms with Crippen LogP contribution in [0.25, 0.3) is 0 Å². The molecule has 0 N–H and O–H groups in total. The van der Waals surface area contributed by atoms with Gasteiger partial charge in [0.15, 0.2) is 0 Å². The van der Waals surface area contributed by atoms with E-state index in [9.17, 15) is 0 Å². The van der Waals surface area contributed by atoms with Crippen LogP contribution in [-0.4, -0.2) is 0 Å². The smallest absolute Gasteiger partial charge is 0 e. The van der Waals surface area contributed by atoms with E-state index >= 15 is 0 Å². The molecule has 0 fully saturated rings. The Labute approximate surface area is 170 Å². The van der Waals surface area contributed by atoms with E-state index in [0.29, 0.717) is 0 Å². The first-order valence-corrected chi connectivity index (χ1v) is 4.07. The molecule has 0 rings (SSSR count). The van der Waals surface area contributed by atoms with Crippen molar-refractivity contribution in [2.75, 3.05) is 0 Å². The molecule has 0 aromatic heterocycles. The van der Waals surface area contributed by atoms with Crippen molar-refractivity contribution in [1.82, 2.24) is 0 Å². The van der Waals surface area contributed by atoms with Crippen LogP contribution in [-0.2, 0) is 0 Å².